The van der Waals surface area contributed by atoms with Gasteiger partial charge in [0.2, 0.25) is 0 Å². The molecule has 0 aromatic carbocycles. The van der Waals surface area contributed by atoms with Crippen LogP contribution in [0.4, 0.5) is 0 Å². The second kappa shape index (κ2) is 4.69. The third-order valence-electron chi connectivity index (χ3n) is 1.98. The zero-order valence-corrected chi connectivity index (χ0v) is 9.71. The molecule has 3 heteroatoms. The minimum absolute atomic E-state index is 0. The molecule has 1 fully saturated rings. The summed E-state index contributed by atoms with van der Waals surface area (Å²) in [6.07, 6.45) is 0. The first-order valence-electron chi connectivity index (χ1n) is 3.42. The first-order valence-corrected chi connectivity index (χ1v) is 3.42. The maximum Gasteiger partial charge on any atom is 0.0105 e. The Morgan fingerprint density at radius 2 is 1.82 bits per heavy atom. The van der Waals surface area contributed by atoms with E-state index < -0.39 is 0 Å². The molecule has 1 radical (unpaired) electrons. The Labute approximate surface area is 64.8 Å². The van der Waals surface area contributed by atoms with Crippen LogP contribution in [0.2, 0.25) is 0 Å². The van der Waals surface area contributed by atoms with Gasteiger partial charge in [0.05, 0.1) is 0 Å². The number of likely N-dealkylation sites (N-methyl/N-ethyl adjacent to an activating group) is 2. The molecule has 0 bridgehead atoms. The van der Waals surface area contributed by atoms with Crippen molar-refractivity contribution in [2.24, 2.45) is 0 Å². The van der Waals surface area contributed by atoms with E-state index in [1.165, 1.54) is 6.54 Å². The summed E-state index contributed by atoms with van der Waals surface area (Å²) in [6, 6.07) is 0.490. The van der Waals surface area contributed by atoms with Crippen LogP contribution in [0.3, 0.4) is 0 Å². The van der Waals surface area contributed by atoms with Crippen LogP contribution in [0.15, 0.2) is 0 Å². The van der Waals surface area contributed by atoms with Crippen LogP contribution in [0.1, 0.15) is 0 Å². The Morgan fingerprint density at radius 3 is 2.18 bits per heavy atom. The standard InChI is InChI=1S/C7H15N2.CH3.Lr/c1-7-6-8(2)4-5-9(7)3;;/h7H,1,4-6H2,2-3H3;1H3;/q2*-1;. The Hall–Kier alpha value is -1.08. The number of rotatable bonds is 0. The maximum absolute atomic E-state index is 4.01. The van der Waals surface area contributed by atoms with E-state index in [0.29, 0.717) is 6.04 Å². The Balaban J connectivity index is 0. The average molecular weight is 404 g/mol. The molecule has 1 heterocycles. The molecular formula is C8H18LrN2-2. The largest absolute Gasteiger partial charge is 0.358 e. The predicted molar refractivity (Wildman–Crippen MR) is 45.7 cm³/mol. The second-order valence-electron chi connectivity index (χ2n) is 2.90. The molecule has 1 rings (SSSR count). The van der Waals surface area contributed by atoms with E-state index >= 15 is 0 Å². The van der Waals surface area contributed by atoms with Crippen LogP contribution in [0.25, 0.3) is 0 Å². The Bertz CT molecular complexity index is 98.1. The average Bonchev–Trinajstić information content (AvgIpc) is 1.80. The maximum atomic E-state index is 4.01. The van der Waals surface area contributed by atoms with Crippen molar-refractivity contribution in [3.63, 3.8) is 0 Å². The molecule has 0 amide bonds. The van der Waals surface area contributed by atoms with Gasteiger partial charge < -0.3 is 24.2 Å². The van der Waals surface area contributed by atoms with E-state index in [4.69, 9.17) is 0 Å². The van der Waals surface area contributed by atoms with Crippen LogP contribution in [0.5, 0.6) is 0 Å². The van der Waals surface area contributed by atoms with E-state index in [1.807, 2.05) is 0 Å². The first-order chi connectivity index (χ1) is 4.20. The summed E-state index contributed by atoms with van der Waals surface area (Å²) in [5.74, 6) is 0. The van der Waals surface area contributed by atoms with Crippen molar-refractivity contribution < 1.29 is 0 Å². The third kappa shape index (κ3) is 3.01. The smallest absolute Gasteiger partial charge is 0.0105 e. The Kier molecular flexibility index (Phi) is 5.37. The van der Waals surface area contributed by atoms with Crippen molar-refractivity contribution >= 4 is 0 Å². The monoisotopic (exact) mass is 404 g/mol. The summed E-state index contributed by atoms with van der Waals surface area (Å²) in [5, 5.41) is 0. The minimum atomic E-state index is 0. The molecule has 1 unspecified atom stereocenters. The fourth-order valence-corrected chi connectivity index (χ4v) is 1.10. The van der Waals surface area contributed by atoms with Crippen LogP contribution in [0, 0.1) is 14.4 Å². The summed E-state index contributed by atoms with van der Waals surface area (Å²) >= 11 is 0. The van der Waals surface area contributed by atoms with Crippen molar-refractivity contribution in [1.82, 2.24) is 9.80 Å². The number of hydrogen-bond acceptors (Lipinski definition) is 2. The van der Waals surface area contributed by atoms with E-state index in [0.717, 1.165) is 13.1 Å². The van der Waals surface area contributed by atoms with Gasteiger partial charge in [-0.15, -0.1) is 6.04 Å². The van der Waals surface area contributed by atoms with Crippen LogP contribution < -0.4 is 0 Å². The van der Waals surface area contributed by atoms with Gasteiger partial charge in [-0.3, -0.25) is 0 Å². The van der Waals surface area contributed by atoms with E-state index in [-0.39, 0.29) is 7.43 Å². The molecule has 77 valence electrons. The Morgan fingerprint density at radius 1 is 1.27 bits per heavy atom. The van der Waals surface area contributed by atoms with Crippen LogP contribution in [-0.4, -0.2) is 49.6 Å². The summed E-state index contributed by atoms with van der Waals surface area (Å²) in [4.78, 5) is 4.61. The SMILES string of the molecule is [CH2-]C1CN(C)CCN1C.[CH3-].[Lr]. The summed E-state index contributed by atoms with van der Waals surface area (Å²) < 4.78 is 0. The fraction of sp³-hybridized carbons (Fsp3) is 0.750. The van der Waals surface area contributed by atoms with Gasteiger partial charge in [-0.25, -0.2) is 0 Å². The fourth-order valence-electron chi connectivity index (χ4n) is 1.10. The van der Waals surface area contributed by atoms with Crippen LogP contribution >= 0.6 is 0 Å². The van der Waals surface area contributed by atoms with Gasteiger partial charge in [-0.2, -0.15) is 0 Å². The molecular weight excluding hydrogens is 386 g/mol. The molecule has 1 saturated heterocycles. The van der Waals surface area contributed by atoms with Gasteiger partial charge in [-0.1, -0.05) is 0 Å². The summed E-state index contributed by atoms with van der Waals surface area (Å²) in [7, 11) is 4.27. The van der Waals surface area contributed by atoms with Crippen LogP contribution in [-0.2, 0) is 0 Å². The molecule has 1 aliphatic heterocycles. The van der Waals surface area contributed by atoms with E-state index in [2.05, 4.69) is 30.8 Å². The van der Waals surface area contributed by atoms with Gasteiger partial charge in [0, 0.05) is 13.1 Å². The van der Waals surface area contributed by atoms with Gasteiger partial charge >= 0.3 is 0 Å². The van der Waals surface area contributed by atoms with E-state index in [1.54, 1.807) is 0 Å². The van der Waals surface area contributed by atoms with E-state index in [9.17, 15) is 0 Å². The first kappa shape index (κ1) is 12.6. The molecule has 0 aliphatic carbocycles. The van der Waals surface area contributed by atoms with Crippen molar-refractivity contribution in [1.29, 1.82) is 0 Å². The van der Waals surface area contributed by atoms with Crippen molar-refractivity contribution in [2.75, 3.05) is 33.7 Å². The molecule has 0 aromatic rings. The van der Waals surface area contributed by atoms with Crippen molar-refractivity contribution in [2.45, 2.75) is 6.04 Å². The minimum Gasteiger partial charge on any atom is -0.358 e. The van der Waals surface area contributed by atoms with Crippen molar-refractivity contribution in [3.8, 4) is 0 Å². The normalized spacial score (nSPS) is 27.0. The molecule has 2 nitrogen and oxygen atoms in total. The molecule has 0 aromatic heterocycles. The second-order valence-corrected chi connectivity index (χ2v) is 2.90. The number of nitrogens with zero attached hydrogens (tertiary/aromatic N) is 2. The third-order valence-corrected chi connectivity index (χ3v) is 1.98. The quantitative estimate of drug-likeness (QED) is 0.544. The van der Waals surface area contributed by atoms with Crippen molar-refractivity contribution in [3.05, 3.63) is 14.4 Å². The molecule has 11 heavy (non-hydrogen) atoms. The van der Waals surface area contributed by atoms with Gasteiger partial charge in [0.1, 0.15) is 0 Å². The zero-order valence-electron chi connectivity index (χ0n) is 7.56. The predicted octanol–water partition coefficient (Wildman–Crippen LogP) is 0.517. The number of piperazine rings is 1. The zero-order chi connectivity index (χ0) is 6.85. The molecule has 1 aliphatic rings. The van der Waals surface area contributed by atoms with Gasteiger partial charge in [0.25, 0.3) is 0 Å². The number of hydrogen-bond donors (Lipinski definition) is 0. The summed E-state index contributed by atoms with van der Waals surface area (Å²) in [5.41, 5.74) is 0. The summed E-state index contributed by atoms with van der Waals surface area (Å²) in [6.45, 7) is 7.46. The molecule has 0 N–H and O–H groups in total. The van der Waals surface area contributed by atoms with Gasteiger partial charge in [0.15, 0.2) is 0 Å². The molecule has 0 spiro atoms. The molecule has 0 saturated carbocycles. The molecule has 1 atom stereocenters. The van der Waals surface area contributed by atoms with Gasteiger partial charge in [-0.05, 0) is 20.6 Å². The topological polar surface area (TPSA) is 6.48 Å².